The van der Waals surface area contributed by atoms with Gasteiger partial charge < -0.3 is 15.2 Å². The van der Waals surface area contributed by atoms with Gasteiger partial charge in [0.1, 0.15) is 0 Å². The normalized spacial score (nSPS) is 27.1. The lowest BCUT2D eigenvalue weighted by Crippen LogP contribution is -2.47. The standard InChI is InChI=1S/C16H20ClNO3/c17-12-3-1-2-11(8-12)13-9-14(13)15(19)18-10-16(20)4-6-21-7-5-16/h1-3,8,13-14,20H,4-7,9-10H2,(H,18,19). The van der Waals surface area contributed by atoms with Crippen LogP contribution in [-0.2, 0) is 9.53 Å². The lowest BCUT2D eigenvalue weighted by Gasteiger charge is -2.32. The Balaban J connectivity index is 1.51. The maximum absolute atomic E-state index is 12.2. The van der Waals surface area contributed by atoms with Crippen LogP contribution in [0.25, 0.3) is 0 Å². The quantitative estimate of drug-likeness (QED) is 0.895. The molecule has 2 fully saturated rings. The first-order chi connectivity index (χ1) is 10.1. The summed E-state index contributed by atoms with van der Waals surface area (Å²) in [6.45, 7) is 1.43. The summed E-state index contributed by atoms with van der Waals surface area (Å²) in [7, 11) is 0. The summed E-state index contributed by atoms with van der Waals surface area (Å²) >= 11 is 5.98. The number of amides is 1. The third kappa shape index (κ3) is 3.57. The Morgan fingerprint density at radius 3 is 2.90 bits per heavy atom. The number of hydrogen-bond acceptors (Lipinski definition) is 3. The van der Waals surface area contributed by atoms with Gasteiger partial charge in [-0.1, -0.05) is 23.7 Å². The van der Waals surface area contributed by atoms with Gasteiger partial charge in [-0.2, -0.15) is 0 Å². The van der Waals surface area contributed by atoms with Gasteiger partial charge in [-0.25, -0.2) is 0 Å². The van der Waals surface area contributed by atoms with Gasteiger partial charge in [0.05, 0.1) is 5.60 Å². The van der Waals surface area contributed by atoms with Crippen molar-refractivity contribution in [3.8, 4) is 0 Å². The molecule has 3 rings (SSSR count). The fraction of sp³-hybridized carbons (Fsp3) is 0.562. The molecule has 1 aromatic rings. The Morgan fingerprint density at radius 2 is 2.19 bits per heavy atom. The highest BCUT2D eigenvalue weighted by Crippen LogP contribution is 2.48. The maximum Gasteiger partial charge on any atom is 0.223 e. The van der Waals surface area contributed by atoms with E-state index in [-0.39, 0.29) is 17.7 Å². The SMILES string of the molecule is O=C(NCC1(O)CCOCC1)C1CC1c1cccc(Cl)c1. The molecule has 1 aliphatic heterocycles. The molecule has 5 heteroatoms. The van der Waals surface area contributed by atoms with Crippen LogP contribution in [-0.4, -0.2) is 36.4 Å². The fourth-order valence-corrected chi connectivity index (χ4v) is 3.10. The monoisotopic (exact) mass is 309 g/mol. The maximum atomic E-state index is 12.2. The number of nitrogens with one attached hydrogen (secondary N) is 1. The smallest absolute Gasteiger partial charge is 0.223 e. The van der Waals surface area contributed by atoms with E-state index in [9.17, 15) is 9.90 Å². The fourth-order valence-electron chi connectivity index (χ4n) is 2.90. The molecule has 1 heterocycles. The molecular formula is C16H20ClNO3. The first kappa shape index (κ1) is 14.8. The van der Waals surface area contributed by atoms with Gasteiger partial charge in [0.2, 0.25) is 5.91 Å². The molecule has 21 heavy (non-hydrogen) atoms. The van der Waals surface area contributed by atoms with Crippen LogP contribution in [0.1, 0.15) is 30.7 Å². The van der Waals surface area contributed by atoms with E-state index < -0.39 is 5.60 Å². The molecule has 0 aromatic heterocycles. The number of ether oxygens (including phenoxy) is 1. The van der Waals surface area contributed by atoms with Gasteiger partial charge in [-0.3, -0.25) is 4.79 Å². The second kappa shape index (κ2) is 5.95. The average molecular weight is 310 g/mol. The summed E-state index contributed by atoms with van der Waals surface area (Å²) in [5.41, 5.74) is 0.307. The number of carbonyl (C=O) groups excluding carboxylic acids is 1. The Bertz CT molecular complexity index is 528. The van der Waals surface area contributed by atoms with Gasteiger partial charge in [-0.05, 0) is 30.0 Å². The summed E-state index contributed by atoms with van der Waals surface area (Å²) in [4.78, 5) is 12.2. The molecule has 114 valence electrons. The topological polar surface area (TPSA) is 58.6 Å². The molecule has 1 aliphatic carbocycles. The highest BCUT2D eigenvalue weighted by molar-refractivity contribution is 6.30. The Morgan fingerprint density at radius 1 is 1.43 bits per heavy atom. The number of carbonyl (C=O) groups is 1. The van der Waals surface area contributed by atoms with Crippen molar-refractivity contribution < 1.29 is 14.6 Å². The van der Waals surface area contributed by atoms with Gasteiger partial charge in [0.25, 0.3) is 0 Å². The number of benzene rings is 1. The predicted octanol–water partition coefficient (Wildman–Crippen LogP) is 2.10. The number of hydrogen-bond donors (Lipinski definition) is 2. The first-order valence-corrected chi connectivity index (χ1v) is 7.78. The zero-order chi connectivity index (χ0) is 14.9. The van der Waals surface area contributed by atoms with E-state index in [2.05, 4.69) is 5.32 Å². The second-order valence-corrected chi connectivity index (χ2v) is 6.49. The lowest BCUT2D eigenvalue weighted by molar-refractivity contribution is -0.125. The Kier molecular flexibility index (Phi) is 4.20. The van der Waals surface area contributed by atoms with Crippen molar-refractivity contribution in [2.24, 2.45) is 5.92 Å². The zero-order valence-corrected chi connectivity index (χ0v) is 12.6. The van der Waals surface area contributed by atoms with Crippen molar-refractivity contribution in [3.63, 3.8) is 0 Å². The number of rotatable bonds is 4. The van der Waals surface area contributed by atoms with E-state index in [1.807, 2.05) is 24.3 Å². The van der Waals surface area contributed by atoms with Crippen molar-refractivity contribution in [2.75, 3.05) is 19.8 Å². The van der Waals surface area contributed by atoms with Gasteiger partial charge in [0, 0.05) is 43.5 Å². The van der Waals surface area contributed by atoms with E-state index in [0.29, 0.717) is 37.6 Å². The molecule has 2 N–H and O–H groups in total. The van der Waals surface area contributed by atoms with Gasteiger partial charge in [-0.15, -0.1) is 0 Å². The average Bonchev–Trinajstić information content (AvgIpc) is 3.26. The molecule has 4 nitrogen and oxygen atoms in total. The molecule has 1 saturated heterocycles. The molecule has 0 bridgehead atoms. The predicted molar refractivity (Wildman–Crippen MR) is 80.3 cm³/mol. The molecule has 1 aromatic carbocycles. The first-order valence-electron chi connectivity index (χ1n) is 7.41. The van der Waals surface area contributed by atoms with E-state index in [1.165, 1.54) is 0 Å². The molecule has 0 spiro atoms. The summed E-state index contributed by atoms with van der Waals surface area (Å²) in [6, 6.07) is 7.68. The highest BCUT2D eigenvalue weighted by Gasteiger charge is 2.44. The van der Waals surface area contributed by atoms with Crippen LogP contribution in [0.2, 0.25) is 5.02 Å². The molecule has 2 unspecified atom stereocenters. The summed E-state index contributed by atoms with van der Waals surface area (Å²) in [5.74, 6) is 0.292. The minimum atomic E-state index is -0.811. The second-order valence-electron chi connectivity index (χ2n) is 6.06. The summed E-state index contributed by atoms with van der Waals surface area (Å²) in [6.07, 6.45) is 2.01. The van der Waals surface area contributed by atoms with Crippen molar-refractivity contribution in [2.45, 2.75) is 30.8 Å². The van der Waals surface area contributed by atoms with Crippen LogP contribution in [0, 0.1) is 5.92 Å². The van der Waals surface area contributed by atoms with E-state index >= 15 is 0 Å². The Hall–Kier alpha value is -1.10. The highest BCUT2D eigenvalue weighted by atomic mass is 35.5. The van der Waals surface area contributed by atoms with Crippen LogP contribution >= 0.6 is 11.6 Å². The molecule has 1 saturated carbocycles. The van der Waals surface area contributed by atoms with Crippen molar-refractivity contribution in [1.29, 1.82) is 0 Å². The lowest BCUT2D eigenvalue weighted by atomic mass is 9.94. The zero-order valence-electron chi connectivity index (χ0n) is 11.8. The third-order valence-electron chi connectivity index (χ3n) is 4.42. The van der Waals surface area contributed by atoms with Crippen LogP contribution in [0.15, 0.2) is 24.3 Å². The largest absolute Gasteiger partial charge is 0.388 e. The molecule has 2 aliphatic rings. The summed E-state index contributed by atoms with van der Waals surface area (Å²) in [5, 5.41) is 13.9. The number of halogens is 1. The number of aliphatic hydroxyl groups is 1. The van der Waals surface area contributed by atoms with Crippen LogP contribution in [0.4, 0.5) is 0 Å². The van der Waals surface area contributed by atoms with Crippen LogP contribution in [0.3, 0.4) is 0 Å². The van der Waals surface area contributed by atoms with Crippen molar-refractivity contribution in [1.82, 2.24) is 5.32 Å². The molecule has 1 amide bonds. The van der Waals surface area contributed by atoms with Gasteiger partial charge >= 0.3 is 0 Å². The van der Waals surface area contributed by atoms with Crippen molar-refractivity contribution in [3.05, 3.63) is 34.9 Å². The molecule has 2 atom stereocenters. The van der Waals surface area contributed by atoms with E-state index in [0.717, 1.165) is 12.0 Å². The minimum absolute atomic E-state index is 0.00640. The van der Waals surface area contributed by atoms with Gasteiger partial charge in [0.15, 0.2) is 0 Å². The Labute approximate surface area is 129 Å². The minimum Gasteiger partial charge on any atom is -0.388 e. The van der Waals surface area contributed by atoms with Crippen molar-refractivity contribution >= 4 is 17.5 Å². The van der Waals surface area contributed by atoms with E-state index in [4.69, 9.17) is 16.3 Å². The van der Waals surface area contributed by atoms with Crippen LogP contribution < -0.4 is 5.32 Å². The molecule has 0 radical (unpaired) electrons. The third-order valence-corrected chi connectivity index (χ3v) is 4.65. The van der Waals surface area contributed by atoms with Crippen LogP contribution in [0.5, 0.6) is 0 Å². The summed E-state index contributed by atoms with van der Waals surface area (Å²) < 4.78 is 5.23. The van der Waals surface area contributed by atoms with E-state index in [1.54, 1.807) is 0 Å². The molecular weight excluding hydrogens is 290 g/mol.